The maximum atomic E-state index is 11.6. The number of hydrogen-bond donors (Lipinski definition) is 0. The van der Waals surface area contributed by atoms with Crippen LogP contribution in [0.1, 0.15) is 26.2 Å². The van der Waals surface area contributed by atoms with Crippen LogP contribution >= 0.6 is 7.14 Å². The van der Waals surface area contributed by atoms with E-state index in [-0.39, 0.29) is 0 Å². The highest BCUT2D eigenvalue weighted by atomic mass is 31.2. The lowest BCUT2D eigenvalue weighted by Gasteiger charge is -2.06. The van der Waals surface area contributed by atoms with Crippen molar-refractivity contribution in [2.24, 2.45) is 0 Å². The normalized spacial score (nSPS) is 24.6. The Morgan fingerprint density at radius 3 is 2.33 bits per heavy atom. The Labute approximate surface area is 57.2 Å². The van der Waals surface area contributed by atoms with Crippen LogP contribution in [0.15, 0.2) is 0 Å². The molecule has 1 saturated heterocycles. The van der Waals surface area contributed by atoms with Gasteiger partial charge in [0.25, 0.3) is 0 Å². The van der Waals surface area contributed by atoms with Gasteiger partial charge in [-0.1, -0.05) is 6.92 Å². The number of hydrogen-bond acceptors (Lipinski definition) is 1. The molecule has 0 aromatic rings. The number of rotatable bonds is 2. The Bertz CT molecular complexity index is 121. The van der Waals surface area contributed by atoms with Crippen molar-refractivity contribution in [3.63, 3.8) is 0 Å². The molecule has 1 aliphatic heterocycles. The quantitative estimate of drug-likeness (QED) is 0.547. The molecule has 1 rings (SSSR count). The predicted molar refractivity (Wildman–Crippen MR) is 41.7 cm³/mol. The monoisotopic (exact) mass is 146 g/mol. The maximum absolute atomic E-state index is 11.6. The van der Waals surface area contributed by atoms with Gasteiger partial charge < -0.3 is 4.57 Å². The summed E-state index contributed by atoms with van der Waals surface area (Å²) in [5.41, 5.74) is 0. The molecular weight excluding hydrogens is 131 g/mol. The third kappa shape index (κ3) is 1.82. The van der Waals surface area contributed by atoms with Gasteiger partial charge in [-0.05, 0) is 19.3 Å². The average molecular weight is 146 g/mol. The molecule has 0 aromatic carbocycles. The van der Waals surface area contributed by atoms with Crippen LogP contribution < -0.4 is 0 Å². The highest BCUT2D eigenvalue weighted by Gasteiger charge is 2.24. The van der Waals surface area contributed by atoms with E-state index < -0.39 is 7.14 Å². The lowest BCUT2D eigenvalue weighted by molar-refractivity contribution is 0.577. The molecule has 9 heavy (non-hydrogen) atoms. The first-order valence-corrected chi connectivity index (χ1v) is 6.10. The molecule has 2 heteroatoms. The summed E-state index contributed by atoms with van der Waals surface area (Å²) in [6.07, 6.45) is 6.64. The minimum atomic E-state index is -1.57. The van der Waals surface area contributed by atoms with Crippen molar-refractivity contribution in [3.8, 4) is 0 Å². The zero-order valence-electron chi connectivity index (χ0n) is 6.10. The van der Waals surface area contributed by atoms with E-state index in [1.165, 1.54) is 12.8 Å². The van der Waals surface area contributed by atoms with Crippen LogP contribution in [-0.2, 0) is 4.57 Å². The summed E-state index contributed by atoms with van der Waals surface area (Å²) in [7, 11) is -1.57. The molecule has 1 heterocycles. The van der Waals surface area contributed by atoms with E-state index in [0.29, 0.717) is 0 Å². The van der Waals surface area contributed by atoms with Crippen molar-refractivity contribution in [3.05, 3.63) is 0 Å². The third-order valence-corrected chi connectivity index (χ3v) is 5.54. The molecule has 0 spiro atoms. The fraction of sp³-hybridized carbons (Fsp3) is 1.00. The van der Waals surface area contributed by atoms with Gasteiger partial charge in [-0.2, -0.15) is 0 Å². The van der Waals surface area contributed by atoms with Gasteiger partial charge in [0.15, 0.2) is 0 Å². The first-order valence-electron chi connectivity index (χ1n) is 3.84. The van der Waals surface area contributed by atoms with Crippen LogP contribution in [0, 0.1) is 0 Å². The first-order chi connectivity index (χ1) is 4.27. The van der Waals surface area contributed by atoms with E-state index in [1.54, 1.807) is 0 Å². The molecule has 0 saturated carbocycles. The van der Waals surface area contributed by atoms with Crippen LogP contribution in [0.3, 0.4) is 0 Å². The molecule has 0 atom stereocenters. The van der Waals surface area contributed by atoms with Crippen molar-refractivity contribution in [2.75, 3.05) is 18.5 Å². The summed E-state index contributed by atoms with van der Waals surface area (Å²) in [6, 6.07) is 0. The molecule has 1 nitrogen and oxygen atoms in total. The zero-order valence-corrected chi connectivity index (χ0v) is 6.99. The van der Waals surface area contributed by atoms with Crippen molar-refractivity contribution in [1.82, 2.24) is 0 Å². The first kappa shape index (κ1) is 7.34. The topological polar surface area (TPSA) is 17.1 Å². The summed E-state index contributed by atoms with van der Waals surface area (Å²) in [4.78, 5) is 0. The average Bonchev–Trinajstić information content (AvgIpc) is 2.16. The third-order valence-electron chi connectivity index (χ3n) is 2.01. The minimum Gasteiger partial charge on any atom is -0.324 e. The molecular formula is C7H15OP. The lowest BCUT2D eigenvalue weighted by atomic mass is 10.4. The summed E-state index contributed by atoms with van der Waals surface area (Å²) < 4.78 is 11.6. The van der Waals surface area contributed by atoms with E-state index in [9.17, 15) is 4.57 Å². The maximum Gasteiger partial charge on any atom is 0.0877 e. The van der Waals surface area contributed by atoms with E-state index in [0.717, 1.165) is 24.9 Å². The van der Waals surface area contributed by atoms with E-state index >= 15 is 0 Å². The summed E-state index contributed by atoms with van der Waals surface area (Å²) in [6.45, 7) is 2.12. The Hall–Kier alpha value is 0.230. The van der Waals surface area contributed by atoms with Gasteiger partial charge in [-0.15, -0.1) is 0 Å². The van der Waals surface area contributed by atoms with Crippen LogP contribution in [0.5, 0.6) is 0 Å². The van der Waals surface area contributed by atoms with Gasteiger partial charge in [0.1, 0.15) is 0 Å². The van der Waals surface area contributed by atoms with Gasteiger partial charge in [-0.3, -0.25) is 0 Å². The SMILES string of the molecule is CCCP1(=O)CCCC1. The predicted octanol–water partition coefficient (Wildman–Crippen LogP) is 2.55. The summed E-state index contributed by atoms with van der Waals surface area (Å²) >= 11 is 0. The lowest BCUT2D eigenvalue weighted by Crippen LogP contribution is -1.88. The van der Waals surface area contributed by atoms with Crippen molar-refractivity contribution >= 4 is 7.14 Å². The van der Waals surface area contributed by atoms with E-state index in [4.69, 9.17) is 0 Å². The standard InChI is InChI=1S/C7H15OP/c1-2-5-9(8)6-3-4-7-9/h2-7H2,1H3. The van der Waals surface area contributed by atoms with Crippen LogP contribution in [0.4, 0.5) is 0 Å². The van der Waals surface area contributed by atoms with Gasteiger partial charge >= 0.3 is 0 Å². The Morgan fingerprint density at radius 1 is 1.33 bits per heavy atom. The van der Waals surface area contributed by atoms with Gasteiger partial charge in [0, 0.05) is 18.5 Å². The molecule has 1 fully saturated rings. The van der Waals surface area contributed by atoms with Gasteiger partial charge in [0.2, 0.25) is 0 Å². The minimum absolute atomic E-state index is 1.01. The van der Waals surface area contributed by atoms with E-state index in [1.807, 2.05) is 0 Å². The van der Waals surface area contributed by atoms with Gasteiger partial charge in [0.05, 0.1) is 7.14 Å². The molecule has 0 aliphatic carbocycles. The highest BCUT2D eigenvalue weighted by Crippen LogP contribution is 2.52. The Balaban J connectivity index is 2.42. The summed E-state index contributed by atoms with van der Waals surface area (Å²) in [5, 5.41) is 0. The molecule has 0 aromatic heterocycles. The molecule has 0 unspecified atom stereocenters. The fourth-order valence-electron chi connectivity index (χ4n) is 1.54. The Kier molecular flexibility index (Phi) is 2.35. The second-order valence-electron chi connectivity index (χ2n) is 2.94. The fourth-order valence-corrected chi connectivity index (χ4v) is 4.63. The smallest absolute Gasteiger partial charge is 0.0877 e. The van der Waals surface area contributed by atoms with E-state index in [2.05, 4.69) is 6.92 Å². The second-order valence-corrected chi connectivity index (χ2v) is 6.39. The molecule has 1 aliphatic rings. The van der Waals surface area contributed by atoms with Crippen molar-refractivity contribution in [1.29, 1.82) is 0 Å². The molecule has 54 valence electrons. The Morgan fingerprint density at radius 2 is 1.89 bits per heavy atom. The molecule has 0 radical (unpaired) electrons. The van der Waals surface area contributed by atoms with Crippen LogP contribution in [0.2, 0.25) is 0 Å². The summed E-state index contributed by atoms with van der Waals surface area (Å²) in [5.74, 6) is 0. The molecule has 0 amide bonds. The van der Waals surface area contributed by atoms with Crippen LogP contribution in [-0.4, -0.2) is 18.5 Å². The van der Waals surface area contributed by atoms with Crippen molar-refractivity contribution in [2.45, 2.75) is 26.2 Å². The van der Waals surface area contributed by atoms with Crippen LogP contribution in [0.25, 0.3) is 0 Å². The highest BCUT2D eigenvalue weighted by molar-refractivity contribution is 7.64. The van der Waals surface area contributed by atoms with Crippen molar-refractivity contribution < 1.29 is 4.57 Å². The molecule has 0 bridgehead atoms. The zero-order chi connectivity index (χ0) is 6.74. The second kappa shape index (κ2) is 2.88. The van der Waals surface area contributed by atoms with Gasteiger partial charge in [-0.25, -0.2) is 0 Å². The largest absolute Gasteiger partial charge is 0.324 e. The molecule has 0 N–H and O–H groups in total.